The quantitative estimate of drug-likeness (QED) is 0.359. The number of hydrogen-bond acceptors (Lipinski definition) is 2. The van der Waals surface area contributed by atoms with Gasteiger partial charge in [0, 0.05) is 12.8 Å². The van der Waals surface area contributed by atoms with Gasteiger partial charge in [-0.25, -0.2) is 9.18 Å². The van der Waals surface area contributed by atoms with E-state index in [9.17, 15) is 9.18 Å². The third-order valence-electron chi connectivity index (χ3n) is 3.32. The van der Waals surface area contributed by atoms with E-state index in [-0.39, 0.29) is 5.56 Å². The summed E-state index contributed by atoms with van der Waals surface area (Å²) in [6.45, 7) is 2.42. The molecule has 1 aromatic carbocycles. The number of halogens is 1. The van der Waals surface area contributed by atoms with Crippen molar-refractivity contribution in [3.8, 4) is 11.8 Å². The Kier molecular flexibility index (Phi) is 9.78. The normalized spacial score (nSPS) is 9.91. The molecular formula is C19H25FO2. The predicted molar refractivity (Wildman–Crippen MR) is 87.1 cm³/mol. The van der Waals surface area contributed by atoms with Crippen LogP contribution < -0.4 is 0 Å². The largest absolute Gasteiger partial charge is 0.462 e. The molecule has 0 saturated heterocycles. The molecule has 0 fully saturated rings. The van der Waals surface area contributed by atoms with Crippen LogP contribution in [0.1, 0.15) is 68.6 Å². The molecule has 1 rings (SSSR count). The summed E-state index contributed by atoms with van der Waals surface area (Å²) in [5, 5.41) is 0. The second-order valence-electron chi connectivity index (χ2n) is 5.19. The van der Waals surface area contributed by atoms with Crippen LogP contribution in [0.5, 0.6) is 0 Å². The van der Waals surface area contributed by atoms with Gasteiger partial charge in [-0.05, 0) is 25.0 Å². The van der Waals surface area contributed by atoms with Crippen molar-refractivity contribution in [2.24, 2.45) is 0 Å². The number of carbonyl (C=O) groups excluding carboxylic acids is 1. The molecule has 0 bridgehead atoms. The molecule has 0 aromatic heterocycles. The molecule has 0 heterocycles. The molecule has 0 spiro atoms. The lowest BCUT2D eigenvalue weighted by Gasteiger charge is -2.05. The highest BCUT2D eigenvalue weighted by Crippen LogP contribution is 2.10. The zero-order chi connectivity index (χ0) is 16.0. The topological polar surface area (TPSA) is 26.3 Å². The molecule has 0 saturated carbocycles. The second-order valence-corrected chi connectivity index (χ2v) is 5.19. The number of carbonyl (C=O) groups is 1. The van der Waals surface area contributed by atoms with E-state index < -0.39 is 11.8 Å². The molecule has 22 heavy (non-hydrogen) atoms. The van der Waals surface area contributed by atoms with Crippen LogP contribution in [0.15, 0.2) is 24.3 Å². The van der Waals surface area contributed by atoms with Gasteiger partial charge in [-0.2, -0.15) is 0 Å². The zero-order valence-electron chi connectivity index (χ0n) is 13.4. The van der Waals surface area contributed by atoms with Gasteiger partial charge in [0.1, 0.15) is 5.82 Å². The summed E-state index contributed by atoms with van der Waals surface area (Å²) in [6.07, 6.45) is 8.48. The number of unbranched alkanes of at least 4 members (excludes halogenated alkanes) is 6. The maximum Gasteiger partial charge on any atom is 0.341 e. The van der Waals surface area contributed by atoms with Crippen LogP contribution in [-0.2, 0) is 4.74 Å². The van der Waals surface area contributed by atoms with Crippen LogP contribution in [0.3, 0.4) is 0 Å². The lowest BCUT2D eigenvalue weighted by Crippen LogP contribution is -2.08. The molecule has 0 aliphatic carbocycles. The molecule has 2 nitrogen and oxygen atoms in total. The van der Waals surface area contributed by atoms with Crippen molar-refractivity contribution in [3.05, 3.63) is 35.6 Å². The average molecular weight is 304 g/mol. The van der Waals surface area contributed by atoms with Gasteiger partial charge in [-0.3, -0.25) is 0 Å². The standard InChI is InChI=1S/C19H25FO2/c1-2-3-4-5-6-7-8-9-10-13-16-22-19(21)17-14-11-12-15-18(17)20/h11-12,14-15H,2,5-10,13,16H2,1H3. The molecule has 0 amide bonds. The Hall–Kier alpha value is -1.82. The molecule has 3 heteroatoms. The Labute approximate surface area is 133 Å². The van der Waals surface area contributed by atoms with E-state index in [0.29, 0.717) is 6.61 Å². The summed E-state index contributed by atoms with van der Waals surface area (Å²) >= 11 is 0. The summed E-state index contributed by atoms with van der Waals surface area (Å²) < 4.78 is 18.4. The number of esters is 1. The average Bonchev–Trinajstić information content (AvgIpc) is 2.53. The van der Waals surface area contributed by atoms with Crippen molar-refractivity contribution < 1.29 is 13.9 Å². The molecule has 120 valence electrons. The molecule has 0 unspecified atom stereocenters. The van der Waals surface area contributed by atoms with Gasteiger partial charge in [0.25, 0.3) is 0 Å². The van der Waals surface area contributed by atoms with Crippen molar-refractivity contribution in [3.63, 3.8) is 0 Å². The predicted octanol–water partition coefficient (Wildman–Crippen LogP) is 5.13. The Bertz CT molecular complexity index is 500. The maximum absolute atomic E-state index is 13.4. The van der Waals surface area contributed by atoms with E-state index in [4.69, 9.17) is 4.74 Å². The summed E-state index contributed by atoms with van der Waals surface area (Å²) in [7, 11) is 0. The summed E-state index contributed by atoms with van der Waals surface area (Å²) in [4.78, 5) is 11.7. The van der Waals surface area contributed by atoms with Gasteiger partial charge in [-0.15, -0.1) is 11.8 Å². The third-order valence-corrected chi connectivity index (χ3v) is 3.32. The molecule has 0 N–H and O–H groups in total. The summed E-state index contributed by atoms with van der Waals surface area (Å²) in [5.41, 5.74) is 0.00990. The minimum Gasteiger partial charge on any atom is -0.462 e. The molecular weight excluding hydrogens is 279 g/mol. The zero-order valence-corrected chi connectivity index (χ0v) is 13.4. The van der Waals surface area contributed by atoms with Crippen molar-refractivity contribution >= 4 is 5.97 Å². The van der Waals surface area contributed by atoms with Gasteiger partial charge in [0.2, 0.25) is 0 Å². The van der Waals surface area contributed by atoms with Crippen LogP contribution in [0.4, 0.5) is 4.39 Å². The summed E-state index contributed by atoms with van der Waals surface area (Å²) in [5.74, 6) is 5.11. The van der Waals surface area contributed by atoms with Crippen molar-refractivity contribution in [1.82, 2.24) is 0 Å². The fourth-order valence-corrected chi connectivity index (χ4v) is 2.11. The first-order valence-corrected chi connectivity index (χ1v) is 8.13. The van der Waals surface area contributed by atoms with Crippen LogP contribution >= 0.6 is 0 Å². The van der Waals surface area contributed by atoms with E-state index in [2.05, 4.69) is 18.8 Å². The Morgan fingerprint density at radius 3 is 2.45 bits per heavy atom. The lowest BCUT2D eigenvalue weighted by molar-refractivity contribution is 0.0492. The minimum atomic E-state index is -0.576. The van der Waals surface area contributed by atoms with E-state index in [1.165, 1.54) is 25.0 Å². The molecule has 0 atom stereocenters. The fraction of sp³-hybridized carbons (Fsp3) is 0.526. The highest BCUT2D eigenvalue weighted by Gasteiger charge is 2.11. The van der Waals surface area contributed by atoms with Crippen LogP contribution in [0.25, 0.3) is 0 Å². The monoisotopic (exact) mass is 304 g/mol. The molecule has 0 aliphatic heterocycles. The smallest absolute Gasteiger partial charge is 0.341 e. The van der Waals surface area contributed by atoms with Gasteiger partial charge in [0.05, 0.1) is 12.2 Å². The highest BCUT2D eigenvalue weighted by atomic mass is 19.1. The van der Waals surface area contributed by atoms with Gasteiger partial charge in [-0.1, -0.05) is 44.7 Å². The van der Waals surface area contributed by atoms with Crippen LogP contribution in [0.2, 0.25) is 0 Å². The van der Waals surface area contributed by atoms with Gasteiger partial charge in [0.15, 0.2) is 0 Å². The molecule has 1 aromatic rings. The van der Waals surface area contributed by atoms with Crippen molar-refractivity contribution in [2.75, 3.05) is 6.61 Å². The fourth-order valence-electron chi connectivity index (χ4n) is 2.11. The lowest BCUT2D eigenvalue weighted by atomic mass is 10.1. The molecule has 0 radical (unpaired) electrons. The Morgan fingerprint density at radius 1 is 1.05 bits per heavy atom. The first-order chi connectivity index (χ1) is 10.8. The van der Waals surface area contributed by atoms with E-state index in [0.717, 1.165) is 38.5 Å². The first-order valence-electron chi connectivity index (χ1n) is 8.13. The molecule has 0 aliphatic rings. The number of ether oxygens (including phenoxy) is 1. The van der Waals surface area contributed by atoms with Gasteiger partial charge < -0.3 is 4.74 Å². The van der Waals surface area contributed by atoms with E-state index >= 15 is 0 Å². The number of hydrogen-bond donors (Lipinski definition) is 0. The van der Waals surface area contributed by atoms with E-state index in [1.54, 1.807) is 12.1 Å². The minimum absolute atomic E-state index is 0.00990. The SMILES string of the molecule is CCC#CCCCCCCCCOC(=O)c1ccccc1F. The maximum atomic E-state index is 13.4. The number of rotatable bonds is 9. The second kappa shape index (κ2) is 11.8. The van der Waals surface area contributed by atoms with E-state index in [1.807, 2.05) is 0 Å². The van der Waals surface area contributed by atoms with Crippen LogP contribution in [-0.4, -0.2) is 12.6 Å². The van der Waals surface area contributed by atoms with Gasteiger partial charge >= 0.3 is 5.97 Å². The first kappa shape index (κ1) is 18.2. The number of benzene rings is 1. The van der Waals surface area contributed by atoms with Crippen molar-refractivity contribution in [2.45, 2.75) is 58.3 Å². The highest BCUT2D eigenvalue weighted by molar-refractivity contribution is 5.89. The van der Waals surface area contributed by atoms with Crippen molar-refractivity contribution in [1.29, 1.82) is 0 Å². The van der Waals surface area contributed by atoms with Crippen LogP contribution in [0, 0.1) is 17.7 Å². The third kappa shape index (κ3) is 7.83. The Morgan fingerprint density at radius 2 is 1.73 bits per heavy atom. The Balaban J connectivity index is 2.00. The summed E-state index contributed by atoms with van der Waals surface area (Å²) in [6, 6.07) is 5.89.